The largest absolute Gasteiger partial charge is 0.595 e. The van der Waals surface area contributed by atoms with E-state index in [0.29, 0.717) is 28.9 Å². The van der Waals surface area contributed by atoms with Gasteiger partial charge in [-0.3, -0.25) is 9.79 Å². The lowest BCUT2D eigenvalue weighted by atomic mass is 9.95. The number of aliphatic hydroxyl groups excluding tert-OH is 1. The zero-order valence-electron chi connectivity index (χ0n) is 16.4. The molecule has 0 fully saturated rings. The van der Waals surface area contributed by atoms with Crippen LogP contribution in [0.3, 0.4) is 0 Å². The maximum atomic E-state index is 13.1. The van der Waals surface area contributed by atoms with Crippen LogP contribution in [0, 0.1) is 5.21 Å². The number of rotatable bonds is 3. The number of nitrogens with one attached hydrogen (secondary N) is 2. The third-order valence-corrected chi connectivity index (χ3v) is 5.63. The average Bonchev–Trinajstić information content (AvgIpc) is 2.93. The van der Waals surface area contributed by atoms with E-state index in [1.807, 2.05) is 24.3 Å². The minimum Gasteiger partial charge on any atom is -0.595 e. The number of hydrogen-bond donors (Lipinski definition) is 4. The van der Waals surface area contributed by atoms with Crippen LogP contribution in [0.4, 0.5) is 17.1 Å². The molecule has 0 spiro atoms. The summed E-state index contributed by atoms with van der Waals surface area (Å²) in [5, 5.41) is 33.7. The second-order valence-electron chi connectivity index (χ2n) is 7.50. The van der Waals surface area contributed by atoms with E-state index in [1.54, 1.807) is 48.5 Å². The molecule has 154 valence electrons. The molecule has 7 nitrogen and oxygen atoms in total. The van der Waals surface area contributed by atoms with Crippen molar-refractivity contribution in [3.63, 3.8) is 0 Å². The molecule has 3 aromatic carbocycles. The number of benzene rings is 3. The quantitative estimate of drug-likeness (QED) is 0.487. The highest BCUT2D eigenvalue weighted by atomic mass is 16.8. The Kier molecular flexibility index (Phi) is 4.63. The van der Waals surface area contributed by atoms with E-state index in [-0.39, 0.29) is 28.8 Å². The number of carbonyl (C=O) groups is 1. The summed E-state index contributed by atoms with van der Waals surface area (Å²) < 4.78 is 0. The highest BCUT2D eigenvalue weighted by Gasteiger charge is 2.34. The van der Waals surface area contributed by atoms with Crippen LogP contribution in [-0.2, 0) is 0 Å². The molecule has 7 heteroatoms. The molecule has 2 aliphatic rings. The van der Waals surface area contributed by atoms with Crippen molar-refractivity contribution in [1.82, 2.24) is 0 Å². The van der Waals surface area contributed by atoms with E-state index in [4.69, 9.17) is 4.99 Å². The Bertz CT molecular complexity index is 1250. The minimum atomic E-state index is -0.989. The third kappa shape index (κ3) is 3.30. The Morgan fingerprint density at radius 2 is 1.65 bits per heavy atom. The Hall–Kier alpha value is -3.78. The molecule has 1 heterocycles. The van der Waals surface area contributed by atoms with Crippen LogP contribution < -0.4 is 10.5 Å². The average molecular weight is 413 g/mol. The fourth-order valence-corrected chi connectivity index (χ4v) is 4.07. The van der Waals surface area contributed by atoms with Gasteiger partial charge in [0.15, 0.2) is 11.5 Å². The summed E-state index contributed by atoms with van der Waals surface area (Å²) in [6.07, 6.45) is 0.347. The summed E-state index contributed by atoms with van der Waals surface area (Å²) in [5.74, 6) is -0.301. The maximum Gasteiger partial charge on any atom is 0.199 e. The number of quaternary nitrogens is 1. The van der Waals surface area contributed by atoms with Gasteiger partial charge in [-0.15, -0.1) is 0 Å². The summed E-state index contributed by atoms with van der Waals surface area (Å²) >= 11 is 0. The Labute approximate surface area is 178 Å². The Morgan fingerprint density at radius 1 is 0.968 bits per heavy atom. The highest BCUT2D eigenvalue weighted by molar-refractivity contribution is 6.36. The monoisotopic (exact) mass is 413 g/mol. The van der Waals surface area contributed by atoms with Gasteiger partial charge in [0, 0.05) is 29.7 Å². The number of carbonyl (C=O) groups excluding carboxylic acids is 1. The number of aliphatic hydroxyl groups is 1. The van der Waals surface area contributed by atoms with Crippen molar-refractivity contribution in [3.05, 3.63) is 100 Å². The van der Waals surface area contributed by atoms with Gasteiger partial charge in [-0.2, -0.15) is 5.23 Å². The fraction of sp³-hybridized carbons (Fsp3) is 0.0833. The number of Topliss-reactive ketones (excluding diaryl/α,β-unsaturated/α-hetero) is 1. The molecule has 1 aliphatic carbocycles. The molecular formula is C24H19N3O4. The van der Waals surface area contributed by atoms with Crippen molar-refractivity contribution < 1.29 is 20.3 Å². The molecule has 0 aromatic heterocycles. The number of para-hydroxylation sites is 2. The number of fused-ring (bicyclic) bond motifs is 2. The van der Waals surface area contributed by atoms with Crippen LogP contribution in [0.25, 0.3) is 5.76 Å². The smallest absolute Gasteiger partial charge is 0.199 e. The molecule has 5 rings (SSSR count). The van der Waals surface area contributed by atoms with E-state index in [1.165, 1.54) is 0 Å². The molecule has 4 N–H and O–H groups in total. The zero-order valence-corrected chi connectivity index (χ0v) is 16.4. The second kappa shape index (κ2) is 7.48. The number of hydrogen-bond acceptors (Lipinski definition) is 6. The molecule has 0 saturated heterocycles. The molecule has 0 amide bonds. The molecule has 0 saturated carbocycles. The normalized spacial score (nSPS) is 18.6. The van der Waals surface area contributed by atoms with Gasteiger partial charge in [-0.1, -0.05) is 48.5 Å². The first-order chi connectivity index (χ1) is 15.0. The van der Waals surface area contributed by atoms with Gasteiger partial charge in [0.05, 0.1) is 28.7 Å². The van der Waals surface area contributed by atoms with E-state index in [9.17, 15) is 20.3 Å². The summed E-state index contributed by atoms with van der Waals surface area (Å²) in [6, 6.07) is 20.8. The summed E-state index contributed by atoms with van der Waals surface area (Å²) in [4.78, 5) is 17.9. The predicted molar refractivity (Wildman–Crippen MR) is 117 cm³/mol. The number of anilines is 1. The van der Waals surface area contributed by atoms with E-state index in [0.717, 1.165) is 11.3 Å². The molecular weight excluding hydrogens is 394 g/mol. The number of aliphatic imine (C=N–C) groups is 1. The first kappa shape index (κ1) is 19.2. The van der Waals surface area contributed by atoms with Crippen molar-refractivity contribution >= 4 is 34.3 Å². The van der Waals surface area contributed by atoms with Gasteiger partial charge < -0.3 is 15.6 Å². The molecule has 31 heavy (non-hydrogen) atoms. The summed E-state index contributed by atoms with van der Waals surface area (Å²) in [5.41, 5.74) is 4.21. The molecule has 0 radical (unpaired) electrons. The third-order valence-electron chi connectivity index (χ3n) is 5.63. The maximum absolute atomic E-state index is 13.1. The van der Waals surface area contributed by atoms with Gasteiger partial charge in [0.1, 0.15) is 5.76 Å². The first-order valence-corrected chi connectivity index (χ1v) is 9.87. The zero-order chi connectivity index (χ0) is 21.5. The van der Waals surface area contributed by atoms with Crippen molar-refractivity contribution in [3.8, 4) is 0 Å². The van der Waals surface area contributed by atoms with Crippen LogP contribution in [0.1, 0.15) is 33.9 Å². The van der Waals surface area contributed by atoms with Gasteiger partial charge in [0.25, 0.3) is 0 Å². The topological polar surface area (TPSA) is 109 Å². The van der Waals surface area contributed by atoms with Crippen LogP contribution in [-0.4, -0.2) is 21.8 Å². The van der Waals surface area contributed by atoms with Crippen LogP contribution in [0.15, 0.2) is 83.4 Å². The van der Waals surface area contributed by atoms with Crippen LogP contribution in [0.5, 0.6) is 0 Å². The second-order valence-corrected chi connectivity index (χ2v) is 7.50. The lowest BCUT2D eigenvalue weighted by molar-refractivity contribution is -0.991. The highest BCUT2D eigenvalue weighted by Crippen LogP contribution is 2.39. The number of allylic oxidation sites excluding steroid dienone is 1. The summed E-state index contributed by atoms with van der Waals surface area (Å²) in [7, 11) is 0. The van der Waals surface area contributed by atoms with E-state index in [2.05, 4.69) is 5.32 Å². The Morgan fingerprint density at radius 3 is 2.35 bits per heavy atom. The molecule has 1 aliphatic heterocycles. The van der Waals surface area contributed by atoms with Crippen LogP contribution >= 0.6 is 0 Å². The lowest BCUT2D eigenvalue weighted by Crippen LogP contribution is -2.99. The van der Waals surface area contributed by atoms with E-state index < -0.39 is 5.23 Å². The number of ketones is 1. The minimum absolute atomic E-state index is 0.0568. The van der Waals surface area contributed by atoms with Gasteiger partial charge in [-0.05, 0) is 17.7 Å². The molecule has 0 bridgehead atoms. The predicted octanol–water partition coefficient (Wildman–Crippen LogP) is 3.89. The Balaban J connectivity index is 1.60. The van der Waals surface area contributed by atoms with Crippen molar-refractivity contribution in [1.29, 1.82) is 0 Å². The molecule has 3 aromatic rings. The number of nitrogens with zero attached hydrogens (tertiary/aromatic N) is 1. The van der Waals surface area contributed by atoms with Gasteiger partial charge in [-0.25, -0.2) is 5.21 Å². The first-order valence-electron chi connectivity index (χ1n) is 9.87. The fourth-order valence-electron chi connectivity index (χ4n) is 4.07. The van der Waals surface area contributed by atoms with Gasteiger partial charge in [0.2, 0.25) is 0 Å². The van der Waals surface area contributed by atoms with E-state index >= 15 is 0 Å². The van der Waals surface area contributed by atoms with Crippen molar-refractivity contribution in [2.24, 2.45) is 4.99 Å². The van der Waals surface area contributed by atoms with Crippen molar-refractivity contribution in [2.75, 3.05) is 5.32 Å². The molecule has 1 unspecified atom stereocenters. The van der Waals surface area contributed by atoms with Crippen LogP contribution in [0.2, 0.25) is 0 Å². The van der Waals surface area contributed by atoms with Crippen molar-refractivity contribution in [2.45, 2.75) is 12.5 Å². The standard InChI is InChI=1S/C24H19N3O4/c28-23-16-5-1-2-6-17(16)24(29)22(23)21-13-20(14-9-11-15(12-10-14)27(30)31)25-18-7-3-4-8-19(18)26-21/h1-12,20,25,27-28,30H,13H2/t20-/m1/s1. The molecule has 2 atom stereocenters. The lowest BCUT2D eigenvalue weighted by Gasteiger charge is -2.20. The summed E-state index contributed by atoms with van der Waals surface area (Å²) in [6.45, 7) is 0. The SMILES string of the molecule is O=C1C(C2=Nc3ccccc3N[C@@H](c3ccc([NH+]([O-])O)cc3)C2)=C(O)c2ccccc21. The van der Waals surface area contributed by atoms with Gasteiger partial charge >= 0.3 is 0 Å².